The summed E-state index contributed by atoms with van der Waals surface area (Å²) in [5.41, 5.74) is 10.2. The number of alkyl halides is 1. The lowest BCUT2D eigenvalue weighted by Crippen LogP contribution is -2.23. The van der Waals surface area contributed by atoms with Crippen LogP contribution >= 0.6 is 0 Å². The van der Waals surface area contributed by atoms with E-state index in [0.717, 1.165) is 27.7 Å². The Balaban J connectivity index is 1.99. The first-order chi connectivity index (χ1) is 11.6. The van der Waals surface area contributed by atoms with Gasteiger partial charge < -0.3 is 15.6 Å². The third kappa shape index (κ3) is 3.31. The van der Waals surface area contributed by atoms with Gasteiger partial charge in [-0.25, -0.2) is 9.37 Å². The second-order valence-corrected chi connectivity index (χ2v) is 5.72. The Morgan fingerprint density at radius 3 is 2.67 bits per heavy atom. The van der Waals surface area contributed by atoms with Crippen molar-refractivity contribution < 1.29 is 14.2 Å². The summed E-state index contributed by atoms with van der Waals surface area (Å²) >= 11 is 0. The number of nitrogens with zero attached hydrogens (tertiary/aromatic N) is 1. The number of nitrogens with two attached hydrogens (primary N) is 1. The number of hydrogen-bond donors (Lipinski definition) is 2. The lowest BCUT2D eigenvalue weighted by atomic mass is 10.1. The van der Waals surface area contributed by atoms with Crippen molar-refractivity contribution in [3.05, 3.63) is 54.1 Å². The number of aromatic nitrogens is 1. The summed E-state index contributed by atoms with van der Waals surface area (Å²) in [6.07, 6.45) is -0.863. The van der Waals surface area contributed by atoms with E-state index >= 15 is 0 Å². The van der Waals surface area contributed by atoms with Crippen molar-refractivity contribution in [2.24, 2.45) is 0 Å². The maximum Gasteiger partial charge on any atom is 0.150 e. The molecule has 0 saturated heterocycles. The number of anilines is 1. The second-order valence-electron chi connectivity index (χ2n) is 5.72. The topological polar surface area (TPSA) is 68.4 Å². The monoisotopic (exact) mass is 326 g/mol. The van der Waals surface area contributed by atoms with Crippen LogP contribution in [0.3, 0.4) is 0 Å². The number of halogens is 1. The van der Waals surface area contributed by atoms with Crippen molar-refractivity contribution in [3.63, 3.8) is 0 Å². The standard InChI is InChI=1S/C19H19FN2O2/c1-12-2-6-16(17(21)8-12)18-7-4-13-3-5-14(9-19(13)22-18)24-15(10-20)11-23/h2-9,15,23H,10-11,21H2,1H3. The molecule has 5 heteroatoms. The molecule has 2 aromatic carbocycles. The van der Waals surface area contributed by atoms with Crippen LogP contribution in [-0.2, 0) is 0 Å². The number of ether oxygens (including phenoxy) is 1. The molecule has 1 heterocycles. The van der Waals surface area contributed by atoms with E-state index < -0.39 is 12.8 Å². The molecule has 0 radical (unpaired) electrons. The lowest BCUT2D eigenvalue weighted by Gasteiger charge is -2.14. The predicted molar refractivity (Wildman–Crippen MR) is 93.8 cm³/mol. The van der Waals surface area contributed by atoms with E-state index in [1.165, 1.54) is 0 Å². The van der Waals surface area contributed by atoms with E-state index in [0.29, 0.717) is 11.4 Å². The quantitative estimate of drug-likeness (QED) is 0.704. The number of rotatable bonds is 5. The SMILES string of the molecule is Cc1ccc(-c2ccc3ccc(OC(CO)CF)cc3n2)c(N)c1. The van der Waals surface area contributed by atoms with Crippen LogP contribution < -0.4 is 10.5 Å². The van der Waals surface area contributed by atoms with Gasteiger partial charge in [0.15, 0.2) is 0 Å². The first kappa shape index (κ1) is 16.2. The summed E-state index contributed by atoms with van der Waals surface area (Å²) in [6, 6.07) is 15.1. The highest BCUT2D eigenvalue weighted by molar-refractivity contribution is 5.85. The molecule has 0 aliphatic rings. The molecule has 24 heavy (non-hydrogen) atoms. The van der Waals surface area contributed by atoms with Gasteiger partial charge in [0.1, 0.15) is 18.5 Å². The fourth-order valence-corrected chi connectivity index (χ4v) is 2.55. The molecule has 0 spiro atoms. The van der Waals surface area contributed by atoms with Crippen LogP contribution in [0.4, 0.5) is 10.1 Å². The molecule has 4 nitrogen and oxygen atoms in total. The molecule has 0 amide bonds. The van der Waals surface area contributed by atoms with Gasteiger partial charge in [-0.3, -0.25) is 0 Å². The zero-order chi connectivity index (χ0) is 17.1. The number of nitrogen functional groups attached to an aromatic ring is 1. The Morgan fingerprint density at radius 1 is 1.17 bits per heavy atom. The van der Waals surface area contributed by atoms with Crippen LogP contribution in [0.5, 0.6) is 5.75 Å². The number of aryl methyl sites for hydroxylation is 1. The van der Waals surface area contributed by atoms with Gasteiger partial charge in [0.05, 0.1) is 17.8 Å². The van der Waals surface area contributed by atoms with Crippen molar-refractivity contribution >= 4 is 16.6 Å². The van der Waals surface area contributed by atoms with Crippen LogP contribution in [-0.4, -0.2) is 29.5 Å². The zero-order valence-corrected chi connectivity index (χ0v) is 13.4. The van der Waals surface area contributed by atoms with Crippen LogP contribution in [0.2, 0.25) is 0 Å². The van der Waals surface area contributed by atoms with Gasteiger partial charge in [0.25, 0.3) is 0 Å². The van der Waals surface area contributed by atoms with E-state index in [1.54, 1.807) is 12.1 Å². The highest BCUT2D eigenvalue weighted by Crippen LogP contribution is 2.28. The number of benzene rings is 2. The van der Waals surface area contributed by atoms with E-state index in [-0.39, 0.29) is 6.61 Å². The maximum atomic E-state index is 12.7. The van der Waals surface area contributed by atoms with Crippen molar-refractivity contribution in [2.75, 3.05) is 19.0 Å². The molecule has 0 aliphatic heterocycles. The van der Waals surface area contributed by atoms with Gasteiger partial charge in [0.2, 0.25) is 0 Å². The summed E-state index contributed by atoms with van der Waals surface area (Å²) in [7, 11) is 0. The fraction of sp³-hybridized carbons (Fsp3) is 0.211. The Morgan fingerprint density at radius 2 is 1.96 bits per heavy atom. The smallest absolute Gasteiger partial charge is 0.150 e. The lowest BCUT2D eigenvalue weighted by molar-refractivity contribution is 0.0933. The summed E-state index contributed by atoms with van der Waals surface area (Å²) in [6.45, 7) is 0.865. The summed E-state index contributed by atoms with van der Waals surface area (Å²) < 4.78 is 18.1. The van der Waals surface area contributed by atoms with Gasteiger partial charge >= 0.3 is 0 Å². The molecule has 0 saturated carbocycles. The maximum absolute atomic E-state index is 12.7. The average molecular weight is 326 g/mol. The summed E-state index contributed by atoms with van der Waals surface area (Å²) in [4.78, 5) is 4.64. The Labute approximate surface area is 139 Å². The third-order valence-electron chi connectivity index (χ3n) is 3.83. The van der Waals surface area contributed by atoms with Crippen molar-refractivity contribution in [3.8, 4) is 17.0 Å². The van der Waals surface area contributed by atoms with Gasteiger partial charge in [0, 0.05) is 22.7 Å². The number of fused-ring (bicyclic) bond motifs is 1. The molecule has 1 aromatic heterocycles. The summed E-state index contributed by atoms with van der Waals surface area (Å²) in [5.74, 6) is 0.473. The van der Waals surface area contributed by atoms with Gasteiger partial charge in [-0.05, 0) is 36.8 Å². The molecule has 1 unspecified atom stereocenters. The zero-order valence-electron chi connectivity index (χ0n) is 13.4. The third-order valence-corrected chi connectivity index (χ3v) is 3.83. The van der Waals surface area contributed by atoms with Gasteiger partial charge in [-0.2, -0.15) is 0 Å². The average Bonchev–Trinajstić information content (AvgIpc) is 2.59. The van der Waals surface area contributed by atoms with Gasteiger partial charge in [-0.15, -0.1) is 0 Å². The van der Waals surface area contributed by atoms with Crippen molar-refractivity contribution in [1.82, 2.24) is 4.98 Å². The van der Waals surface area contributed by atoms with E-state index in [9.17, 15) is 4.39 Å². The van der Waals surface area contributed by atoms with E-state index in [1.807, 2.05) is 43.3 Å². The van der Waals surface area contributed by atoms with Crippen LogP contribution in [0.15, 0.2) is 48.5 Å². The molecule has 3 aromatic rings. The molecule has 1 atom stereocenters. The minimum Gasteiger partial charge on any atom is -0.485 e. The molecule has 0 aliphatic carbocycles. The highest BCUT2D eigenvalue weighted by Gasteiger charge is 2.10. The number of aliphatic hydroxyl groups excluding tert-OH is 1. The van der Waals surface area contributed by atoms with Crippen LogP contribution in [0, 0.1) is 6.92 Å². The Kier molecular flexibility index (Phi) is 4.62. The first-order valence-corrected chi connectivity index (χ1v) is 7.71. The van der Waals surface area contributed by atoms with Crippen LogP contribution in [0.25, 0.3) is 22.2 Å². The molecular weight excluding hydrogens is 307 g/mol. The van der Waals surface area contributed by atoms with E-state index in [2.05, 4.69) is 4.98 Å². The normalized spacial score (nSPS) is 12.3. The fourth-order valence-electron chi connectivity index (χ4n) is 2.55. The number of hydrogen-bond acceptors (Lipinski definition) is 4. The molecule has 124 valence electrons. The largest absolute Gasteiger partial charge is 0.485 e. The molecule has 0 fully saturated rings. The molecule has 0 bridgehead atoms. The minimum atomic E-state index is -0.863. The summed E-state index contributed by atoms with van der Waals surface area (Å²) in [5, 5.41) is 9.99. The predicted octanol–water partition coefficient (Wildman–Crippen LogP) is 3.50. The van der Waals surface area contributed by atoms with Crippen molar-refractivity contribution in [2.45, 2.75) is 13.0 Å². The van der Waals surface area contributed by atoms with Crippen molar-refractivity contribution in [1.29, 1.82) is 0 Å². The van der Waals surface area contributed by atoms with E-state index in [4.69, 9.17) is 15.6 Å². The molecular formula is C19H19FN2O2. The van der Waals surface area contributed by atoms with Crippen LogP contribution in [0.1, 0.15) is 5.56 Å². The Bertz CT molecular complexity index is 863. The minimum absolute atomic E-state index is 0.373. The Hall–Kier alpha value is -2.66. The number of pyridine rings is 1. The van der Waals surface area contributed by atoms with Gasteiger partial charge in [-0.1, -0.05) is 18.2 Å². The number of aliphatic hydroxyl groups is 1. The highest BCUT2D eigenvalue weighted by atomic mass is 19.1. The molecule has 3 rings (SSSR count). The first-order valence-electron chi connectivity index (χ1n) is 7.71. The molecule has 3 N–H and O–H groups in total. The second kappa shape index (κ2) is 6.84.